The highest BCUT2D eigenvalue weighted by Gasteiger charge is 2.12. The lowest BCUT2D eigenvalue weighted by Gasteiger charge is -2.08. The molecule has 4 nitrogen and oxygen atoms in total. The van der Waals surface area contributed by atoms with Crippen LogP contribution in [0.2, 0.25) is 5.02 Å². The number of methoxy groups -OCH3 is 1. The fourth-order valence-corrected chi connectivity index (χ4v) is 2.36. The fraction of sp³-hybridized carbons (Fsp3) is 0.133. The van der Waals surface area contributed by atoms with Crippen LogP contribution < -0.4 is 10.5 Å². The zero-order chi connectivity index (χ0) is 14.1. The Labute approximate surface area is 120 Å². The minimum absolute atomic E-state index is 0.386. The molecule has 0 saturated carbocycles. The Hall–Kier alpha value is -2.20. The van der Waals surface area contributed by atoms with Crippen molar-refractivity contribution in [2.45, 2.75) is 6.54 Å². The lowest BCUT2D eigenvalue weighted by Crippen LogP contribution is -2.15. The van der Waals surface area contributed by atoms with Gasteiger partial charge in [0.15, 0.2) is 5.58 Å². The summed E-state index contributed by atoms with van der Waals surface area (Å²) >= 11 is 5.90. The van der Waals surface area contributed by atoms with Crippen molar-refractivity contribution in [3.8, 4) is 5.75 Å². The smallest absolute Gasteiger partial charge is 0.420 e. The standard InChI is InChI=1S/C15H12ClNO3/c1-19-13-5-3-2-4-10(13)9-17-12-7-6-11(16)8-14(12)20-15(17)18/h2-8H,9H2,1H3. The van der Waals surface area contributed by atoms with E-state index in [0.29, 0.717) is 22.7 Å². The van der Waals surface area contributed by atoms with Crippen LogP contribution in [0.3, 0.4) is 0 Å². The number of para-hydroxylation sites is 1. The molecule has 20 heavy (non-hydrogen) atoms. The Morgan fingerprint density at radius 2 is 2.05 bits per heavy atom. The number of fused-ring (bicyclic) bond motifs is 1. The first-order chi connectivity index (χ1) is 9.69. The summed E-state index contributed by atoms with van der Waals surface area (Å²) in [7, 11) is 1.61. The maximum Gasteiger partial charge on any atom is 0.420 e. The van der Waals surface area contributed by atoms with Gasteiger partial charge >= 0.3 is 5.76 Å². The third-order valence-electron chi connectivity index (χ3n) is 3.15. The topological polar surface area (TPSA) is 44.4 Å². The van der Waals surface area contributed by atoms with Gasteiger partial charge in [-0.05, 0) is 18.2 Å². The highest BCUT2D eigenvalue weighted by atomic mass is 35.5. The van der Waals surface area contributed by atoms with E-state index in [1.807, 2.05) is 24.3 Å². The fourth-order valence-electron chi connectivity index (χ4n) is 2.19. The van der Waals surface area contributed by atoms with E-state index in [4.69, 9.17) is 20.8 Å². The van der Waals surface area contributed by atoms with Crippen LogP contribution in [-0.2, 0) is 6.54 Å². The molecule has 0 radical (unpaired) electrons. The van der Waals surface area contributed by atoms with Gasteiger partial charge in [0.2, 0.25) is 0 Å². The molecule has 102 valence electrons. The molecule has 3 rings (SSSR count). The maximum atomic E-state index is 12.0. The molecule has 0 amide bonds. The largest absolute Gasteiger partial charge is 0.496 e. The van der Waals surface area contributed by atoms with Crippen molar-refractivity contribution in [1.82, 2.24) is 4.57 Å². The molecule has 1 aromatic heterocycles. The van der Waals surface area contributed by atoms with Gasteiger partial charge in [-0.15, -0.1) is 0 Å². The zero-order valence-electron chi connectivity index (χ0n) is 10.8. The number of aromatic nitrogens is 1. The highest BCUT2D eigenvalue weighted by molar-refractivity contribution is 6.31. The molecule has 0 aliphatic rings. The lowest BCUT2D eigenvalue weighted by atomic mass is 10.2. The number of hydrogen-bond donors (Lipinski definition) is 0. The molecule has 0 spiro atoms. The summed E-state index contributed by atoms with van der Waals surface area (Å²) in [6.07, 6.45) is 0. The molecular weight excluding hydrogens is 278 g/mol. The quantitative estimate of drug-likeness (QED) is 0.743. The van der Waals surface area contributed by atoms with Crippen LogP contribution in [0.5, 0.6) is 5.75 Å². The first kappa shape index (κ1) is 12.8. The highest BCUT2D eigenvalue weighted by Crippen LogP contribution is 2.22. The average molecular weight is 290 g/mol. The predicted molar refractivity (Wildman–Crippen MR) is 77.6 cm³/mol. The molecule has 0 bridgehead atoms. The number of hydrogen-bond acceptors (Lipinski definition) is 3. The van der Waals surface area contributed by atoms with Crippen LogP contribution in [0, 0.1) is 0 Å². The van der Waals surface area contributed by atoms with Crippen LogP contribution >= 0.6 is 11.6 Å². The maximum absolute atomic E-state index is 12.0. The molecule has 5 heteroatoms. The molecule has 0 aliphatic carbocycles. The number of ether oxygens (including phenoxy) is 1. The number of halogens is 1. The van der Waals surface area contributed by atoms with Crippen molar-refractivity contribution < 1.29 is 9.15 Å². The van der Waals surface area contributed by atoms with E-state index in [1.165, 1.54) is 0 Å². The van der Waals surface area contributed by atoms with Gasteiger partial charge in [-0.1, -0.05) is 29.8 Å². The van der Waals surface area contributed by atoms with Crippen molar-refractivity contribution >= 4 is 22.7 Å². The summed E-state index contributed by atoms with van der Waals surface area (Å²) < 4.78 is 12.1. The Morgan fingerprint density at radius 3 is 2.85 bits per heavy atom. The zero-order valence-corrected chi connectivity index (χ0v) is 11.6. The van der Waals surface area contributed by atoms with Crippen LogP contribution in [-0.4, -0.2) is 11.7 Å². The van der Waals surface area contributed by atoms with E-state index in [2.05, 4.69) is 0 Å². The first-order valence-corrected chi connectivity index (χ1v) is 6.47. The summed E-state index contributed by atoms with van der Waals surface area (Å²) in [4.78, 5) is 12.0. The second-order valence-corrected chi connectivity index (χ2v) is 4.81. The molecule has 0 unspecified atom stereocenters. The van der Waals surface area contributed by atoms with Gasteiger partial charge in [-0.3, -0.25) is 4.57 Å². The number of oxazole rings is 1. The Kier molecular flexibility index (Phi) is 3.24. The third kappa shape index (κ3) is 2.18. The first-order valence-electron chi connectivity index (χ1n) is 6.10. The van der Waals surface area contributed by atoms with Gasteiger partial charge in [0.25, 0.3) is 0 Å². The monoisotopic (exact) mass is 289 g/mol. The number of nitrogens with zero attached hydrogens (tertiary/aromatic N) is 1. The SMILES string of the molecule is COc1ccccc1Cn1c(=O)oc2cc(Cl)ccc21. The lowest BCUT2D eigenvalue weighted by molar-refractivity contribution is 0.407. The van der Waals surface area contributed by atoms with Crippen LogP contribution in [0.4, 0.5) is 0 Å². The van der Waals surface area contributed by atoms with Gasteiger partial charge in [-0.25, -0.2) is 4.79 Å². The second-order valence-electron chi connectivity index (χ2n) is 4.38. The van der Waals surface area contributed by atoms with Gasteiger partial charge < -0.3 is 9.15 Å². The Balaban J connectivity index is 2.11. The third-order valence-corrected chi connectivity index (χ3v) is 3.39. The number of rotatable bonds is 3. The second kappa shape index (κ2) is 5.06. The van der Waals surface area contributed by atoms with E-state index in [1.54, 1.807) is 29.9 Å². The molecule has 0 fully saturated rings. The summed E-state index contributed by atoms with van der Waals surface area (Å²) in [5, 5.41) is 0.538. The molecule has 3 aromatic rings. The Bertz CT molecular complexity index is 819. The van der Waals surface area contributed by atoms with E-state index in [-0.39, 0.29) is 0 Å². The van der Waals surface area contributed by atoms with E-state index in [0.717, 1.165) is 11.3 Å². The summed E-state index contributed by atoms with van der Waals surface area (Å²) in [6, 6.07) is 12.7. The van der Waals surface area contributed by atoms with Crippen LogP contribution in [0.1, 0.15) is 5.56 Å². The van der Waals surface area contributed by atoms with Crippen molar-refractivity contribution in [2.75, 3.05) is 7.11 Å². The summed E-state index contributed by atoms with van der Waals surface area (Å²) in [6.45, 7) is 0.386. The summed E-state index contributed by atoms with van der Waals surface area (Å²) in [5.41, 5.74) is 2.11. The van der Waals surface area contributed by atoms with E-state index >= 15 is 0 Å². The normalized spacial score (nSPS) is 10.9. The summed E-state index contributed by atoms with van der Waals surface area (Å²) in [5.74, 6) is 0.330. The number of benzene rings is 2. The molecule has 2 aromatic carbocycles. The predicted octanol–water partition coefficient (Wildman–Crippen LogP) is 3.30. The molecular formula is C15H12ClNO3. The van der Waals surface area contributed by atoms with Crippen molar-refractivity contribution in [1.29, 1.82) is 0 Å². The average Bonchev–Trinajstić information content (AvgIpc) is 2.75. The van der Waals surface area contributed by atoms with Gasteiger partial charge in [0, 0.05) is 16.7 Å². The van der Waals surface area contributed by atoms with Crippen molar-refractivity contribution in [3.05, 3.63) is 63.6 Å². The van der Waals surface area contributed by atoms with Crippen LogP contribution in [0.15, 0.2) is 51.7 Å². The minimum atomic E-state index is -0.409. The van der Waals surface area contributed by atoms with E-state index < -0.39 is 5.76 Å². The van der Waals surface area contributed by atoms with Crippen molar-refractivity contribution in [2.24, 2.45) is 0 Å². The van der Waals surface area contributed by atoms with Gasteiger partial charge in [0.1, 0.15) is 5.75 Å². The minimum Gasteiger partial charge on any atom is -0.496 e. The van der Waals surface area contributed by atoms with Crippen LogP contribution in [0.25, 0.3) is 11.1 Å². The molecule has 0 saturated heterocycles. The molecule has 0 aliphatic heterocycles. The van der Waals surface area contributed by atoms with E-state index in [9.17, 15) is 4.79 Å². The molecule has 0 atom stereocenters. The van der Waals surface area contributed by atoms with Crippen molar-refractivity contribution in [3.63, 3.8) is 0 Å². The molecule has 0 N–H and O–H groups in total. The van der Waals surface area contributed by atoms with Gasteiger partial charge in [-0.2, -0.15) is 0 Å². The molecule has 1 heterocycles. The van der Waals surface area contributed by atoms with Gasteiger partial charge in [0.05, 0.1) is 19.2 Å². The Morgan fingerprint density at radius 1 is 1.25 bits per heavy atom.